The van der Waals surface area contributed by atoms with E-state index < -0.39 is 15.6 Å². The number of aromatic nitrogens is 1. The Hall–Kier alpha value is -2.01. The average molecular weight is 494 g/mol. The molecule has 1 amide bonds. The number of halogens is 1. The van der Waals surface area contributed by atoms with Crippen LogP contribution in [0, 0.1) is 13.8 Å². The van der Waals surface area contributed by atoms with Gasteiger partial charge in [0, 0.05) is 10.4 Å². The van der Waals surface area contributed by atoms with Crippen LogP contribution in [0.4, 0.5) is 5.69 Å². The summed E-state index contributed by atoms with van der Waals surface area (Å²) in [6.45, 7) is 8.57. The fourth-order valence-electron chi connectivity index (χ4n) is 4.16. The van der Waals surface area contributed by atoms with Crippen LogP contribution >= 0.6 is 22.9 Å². The lowest BCUT2D eigenvalue weighted by Gasteiger charge is -2.38. The number of guanidine groups is 1. The first-order chi connectivity index (χ1) is 15.0. The normalized spacial score (nSPS) is 21.5. The number of aryl methyl sites for hydroxylation is 2. The number of fused-ring (bicyclic) bond motifs is 3. The van der Waals surface area contributed by atoms with Crippen LogP contribution in [0.5, 0.6) is 0 Å². The van der Waals surface area contributed by atoms with Crippen LogP contribution in [0.3, 0.4) is 0 Å². The van der Waals surface area contributed by atoms with Crippen LogP contribution in [0.1, 0.15) is 52.6 Å². The summed E-state index contributed by atoms with van der Waals surface area (Å²) in [5.74, 6) is 0.229. The molecule has 1 aliphatic carbocycles. The van der Waals surface area contributed by atoms with Crippen molar-refractivity contribution < 1.29 is 13.2 Å². The molecule has 1 aromatic heterocycles. The van der Waals surface area contributed by atoms with E-state index >= 15 is 0 Å². The van der Waals surface area contributed by atoms with E-state index in [1.54, 1.807) is 4.90 Å². The maximum atomic E-state index is 13.6. The molecular weight excluding hydrogens is 470 g/mol. The Kier molecular flexibility index (Phi) is 4.94. The molecule has 8 nitrogen and oxygen atoms in total. The molecule has 1 fully saturated rings. The Morgan fingerprint density at radius 2 is 2.03 bits per heavy atom. The molecular formula is C21H24ClN5O3S2. The van der Waals surface area contributed by atoms with Crippen molar-refractivity contribution >= 4 is 50.5 Å². The molecule has 0 bridgehead atoms. The minimum Gasteiger partial charge on any atom is -0.305 e. The lowest BCUT2D eigenvalue weighted by atomic mass is 10.1. The lowest BCUT2D eigenvalue weighted by Crippen LogP contribution is -2.52. The highest BCUT2D eigenvalue weighted by atomic mass is 35.5. The number of benzene rings is 1. The summed E-state index contributed by atoms with van der Waals surface area (Å²) in [4.78, 5) is 27.2. The number of sulfonamides is 1. The molecule has 11 heteroatoms. The van der Waals surface area contributed by atoms with Crippen LogP contribution in [0.2, 0.25) is 5.02 Å². The Morgan fingerprint density at radius 1 is 1.31 bits per heavy atom. The molecule has 0 spiro atoms. The van der Waals surface area contributed by atoms with Gasteiger partial charge in [0.05, 0.1) is 51.0 Å². The van der Waals surface area contributed by atoms with Crippen molar-refractivity contribution in [3.63, 3.8) is 0 Å². The molecule has 0 unspecified atom stereocenters. The molecule has 1 N–H and O–H groups in total. The Morgan fingerprint density at radius 3 is 2.66 bits per heavy atom. The molecule has 1 aromatic carbocycles. The summed E-state index contributed by atoms with van der Waals surface area (Å²) in [7, 11) is -3.81. The largest absolute Gasteiger partial charge is 0.305 e. The second-order valence-corrected chi connectivity index (χ2v) is 12.3. The number of hydrogen-bond acceptors (Lipinski definition) is 7. The molecule has 0 saturated heterocycles. The quantitative estimate of drug-likeness (QED) is 0.688. The molecule has 1 saturated carbocycles. The highest BCUT2D eigenvalue weighted by Crippen LogP contribution is 2.42. The van der Waals surface area contributed by atoms with Crippen LogP contribution in [-0.4, -0.2) is 48.3 Å². The molecule has 2 aromatic rings. The first-order valence-electron chi connectivity index (χ1n) is 10.4. The first-order valence-corrected chi connectivity index (χ1v) is 13.1. The van der Waals surface area contributed by atoms with Crippen molar-refractivity contribution in [2.24, 2.45) is 4.99 Å². The second-order valence-electron chi connectivity index (χ2n) is 8.96. The Balaban J connectivity index is 1.60. The van der Waals surface area contributed by atoms with Crippen LogP contribution in [-0.2, 0) is 16.6 Å². The molecule has 2 aliphatic heterocycles. The van der Waals surface area contributed by atoms with Crippen molar-refractivity contribution in [1.82, 2.24) is 14.6 Å². The monoisotopic (exact) mass is 493 g/mol. The number of aliphatic imine (C=N–C) groups is 1. The third-order valence-electron chi connectivity index (χ3n) is 6.14. The van der Waals surface area contributed by atoms with Gasteiger partial charge in [0.2, 0.25) is 16.0 Å². The van der Waals surface area contributed by atoms with E-state index in [2.05, 4.69) is 14.7 Å². The van der Waals surface area contributed by atoms with Crippen molar-refractivity contribution in [3.8, 4) is 0 Å². The molecule has 170 valence electrons. The average Bonchev–Trinajstić information content (AvgIpc) is 3.15. The van der Waals surface area contributed by atoms with E-state index in [9.17, 15) is 13.2 Å². The topological polar surface area (TPSA) is 95.0 Å². The summed E-state index contributed by atoms with van der Waals surface area (Å²) < 4.78 is 28.7. The van der Waals surface area contributed by atoms with Crippen LogP contribution in [0.15, 0.2) is 22.0 Å². The van der Waals surface area contributed by atoms with E-state index in [0.29, 0.717) is 24.7 Å². The van der Waals surface area contributed by atoms with Gasteiger partial charge in [-0.3, -0.25) is 14.7 Å². The summed E-state index contributed by atoms with van der Waals surface area (Å²) in [5, 5.41) is 1.15. The predicted molar refractivity (Wildman–Crippen MR) is 125 cm³/mol. The van der Waals surface area contributed by atoms with Gasteiger partial charge in [0.1, 0.15) is 0 Å². The van der Waals surface area contributed by atoms with Crippen molar-refractivity contribution in [2.45, 2.75) is 63.6 Å². The Bertz CT molecular complexity index is 1280. The zero-order chi connectivity index (χ0) is 23.0. The number of nitrogens with one attached hydrogen (secondary N) is 1. The van der Waals surface area contributed by atoms with Gasteiger partial charge in [-0.25, -0.2) is 18.1 Å². The van der Waals surface area contributed by atoms with Crippen molar-refractivity contribution in [3.05, 3.63) is 38.3 Å². The van der Waals surface area contributed by atoms with Crippen molar-refractivity contribution in [1.29, 1.82) is 0 Å². The van der Waals surface area contributed by atoms with Gasteiger partial charge >= 0.3 is 0 Å². The fourth-order valence-corrected chi connectivity index (χ4v) is 6.98. The summed E-state index contributed by atoms with van der Waals surface area (Å²) in [6.07, 6.45) is 1.58. The molecule has 3 heterocycles. The number of rotatable bonds is 5. The standard InChI is InChI=1S/C21H24ClN5O3S2/c1-11-9-23-20-26(10-17-12(2)24-13(3)31-17)19(28)15-7-14(8-16(22)18(15)27(11)20)32(29,30)25-21(4)5-6-21/h7-8,11,25H,5-6,9-10H2,1-4H3/t11-/m1/s1. The van der Waals surface area contributed by atoms with Gasteiger partial charge in [-0.15, -0.1) is 11.3 Å². The first kappa shape index (κ1) is 21.8. The summed E-state index contributed by atoms with van der Waals surface area (Å²) >= 11 is 8.15. The highest BCUT2D eigenvalue weighted by molar-refractivity contribution is 7.89. The highest BCUT2D eigenvalue weighted by Gasteiger charge is 2.44. The fraction of sp³-hybridized carbons (Fsp3) is 0.476. The minimum absolute atomic E-state index is 0.000251. The number of hydrogen-bond donors (Lipinski definition) is 1. The van der Waals surface area contributed by atoms with Gasteiger partial charge in [0.15, 0.2) is 0 Å². The van der Waals surface area contributed by atoms with Gasteiger partial charge in [-0.2, -0.15) is 0 Å². The van der Waals surface area contributed by atoms with Gasteiger partial charge in [-0.1, -0.05) is 11.6 Å². The lowest BCUT2D eigenvalue weighted by molar-refractivity contribution is 0.0833. The minimum atomic E-state index is -3.81. The smallest absolute Gasteiger partial charge is 0.263 e. The molecule has 3 aliphatic rings. The van der Waals surface area contributed by atoms with E-state index in [4.69, 9.17) is 11.6 Å². The molecule has 1 atom stereocenters. The second kappa shape index (κ2) is 7.24. The number of anilines is 1. The number of carbonyl (C=O) groups excluding carboxylic acids is 1. The number of amides is 1. The van der Waals surface area contributed by atoms with Gasteiger partial charge in [-0.05, 0) is 52.7 Å². The van der Waals surface area contributed by atoms with Gasteiger partial charge in [0.25, 0.3) is 5.91 Å². The van der Waals surface area contributed by atoms with E-state index in [1.807, 2.05) is 32.6 Å². The van der Waals surface area contributed by atoms with Crippen LogP contribution in [0.25, 0.3) is 0 Å². The number of nitrogens with zero attached hydrogens (tertiary/aromatic N) is 4. The SMILES string of the molecule is Cc1nc(C)c(CN2C(=O)c3cc(S(=O)(=O)NC4(C)CC4)cc(Cl)c3N3C2=NC[C@H]3C)s1. The van der Waals surface area contributed by atoms with E-state index in [1.165, 1.54) is 23.5 Å². The van der Waals surface area contributed by atoms with Crippen LogP contribution < -0.4 is 9.62 Å². The molecule has 0 radical (unpaired) electrons. The maximum absolute atomic E-state index is 13.6. The molecule has 5 rings (SSSR count). The third kappa shape index (κ3) is 3.53. The zero-order valence-corrected chi connectivity index (χ0v) is 20.7. The molecule has 32 heavy (non-hydrogen) atoms. The number of carbonyl (C=O) groups is 1. The van der Waals surface area contributed by atoms with E-state index in [-0.39, 0.29) is 27.4 Å². The number of thiazole rings is 1. The third-order valence-corrected chi connectivity index (χ3v) is 9.10. The van der Waals surface area contributed by atoms with E-state index in [0.717, 1.165) is 28.4 Å². The van der Waals surface area contributed by atoms with Crippen molar-refractivity contribution in [2.75, 3.05) is 11.4 Å². The zero-order valence-electron chi connectivity index (χ0n) is 18.3. The van der Waals surface area contributed by atoms with Gasteiger partial charge < -0.3 is 4.90 Å². The summed E-state index contributed by atoms with van der Waals surface area (Å²) in [6, 6.07) is 2.86. The summed E-state index contributed by atoms with van der Waals surface area (Å²) in [5.41, 5.74) is 1.23. The Labute approximate surface area is 196 Å². The predicted octanol–water partition coefficient (Wildman–Crippen LogP) is 3.46. The maximum Gasteiger partial charge on any atom is 0.263 e.